The number of nitrogens with two attached hydrogens (primary N) is 1. The van der Waals surface area contributed by atoms with Gasteiger partial charge >= 0.3 is 0 Å². The molecule has 0 aliphatic heterocycles. The summed E-state index contributed by atoms with van der Waals surface area (Å²) in [5.41, 5.74) is 7.11. The third-order valence-corrected chi connectivity index (χ3v) is 4.08. The van der Waals surface area contributed by atoms with Crippen LogP contribution >= 0.6 is 11.3 Å². The predicted octanol–water partition coefficient (Wildman–Crippen LogP) is 3.32. The van der Waals surface area contributed by atoms with Gasteiger partial charge < -0.3 is 5.73 Å². The van der Waals surface area contributed by atoms with E-state index in [0.29, 0.717) is 12.8 Å². The van der Waals surface area contributed by atoms with Crippen molar-refractivity contribution in [2.45, 2.75) is 65.8 Å². The van der Waals surface area contributed by atoms with E-state index in [4.69, 9.17) is 5.73 Å². The quantitative estimate of drug-likeness (QED) is 0.921. The SMILES string of the molecule is CC(C)(C)c1csc(CC(=O)CC(N)C(C)(C)C)n1. The molecular weight excluding hydrogens is 256 g/mol. The van der Waals surface area contributed by atoms with E-state index in [-0.39, 0.29) is 22.7 Å². The van der Waals surface area contributed by atoms with Gasteiger partial charge in [-0.25, -0.2) is 4.98 Å². The molecule has 0 aliphatic carbocycles. The van der Waals surface area contributed by atoms with Gasteiger partial charge in [0.05, 0.1) is 12.1 Å². The van der Waals surface area contributed by atoms with E-state index in [1.165, 1.54) is 0 Å². The van der Waals surface area contributed by atoms with Crippen LogP contribution < -0.4 is 5.73 Å². The molecule has 0 radical (unpaired) electrons. The highest BCUT2D eigenvalue weighted by Gasteiger charge is 2.24. The molecule has 0 fully saturated rings. The zero-order valence-corrected chi connectivity index (χ0v) is 13.7. The zero-order chi connectivity index (χ0) is 14.8. The summed E-state index contributed by atoms with van der Waals surface area (Å²) >= 11 is 1.57. The van der Waals surface area contributed by atoms with Crippen molar-refractivity contribution in [1.82, 2.24) is 4.98 Å². The lowest BCUT2D eigenvalue weighted by molar-refractivity contribution is -0.119. The van der Waals surface area contributed by atoms with Gasteiger partial charge in [-0.1, -0.05) is 41.5 Å². The lowest BCUT2D eigenvalue weighted by atomic mass is 9.84. The number of Topliss-reactive ketones (excluding diaryl/α,β-unsaturated/α-hetero) is 1. The van der Waals surface area contributed by atoms with Crippen LogP contribution in [0.4, 0.5) is 0 Å². The maximum Gasteiger partial charge on any atom is 0.141 e. The van der Waals surface area contributed by atoms with Crippen LogP contribution in [0.5, 0.6) is 0 Å². The molecular formula is C15H26N2OS. The highest BCUT2D eigenvalue weighted by molar-refractivity contribution is 7.09. The molecule has 0 spiro atoms. The Morgan fingerprint density at radius 2 is 1.89 bits per heavy atom. The molecule has 0 saturated carbocycles. The van der Waals surface area contributed by atoms with Crippen LogP contribution in [0.1, 0.15) is 58.7 Å². The van der Waals surface area contributed by atoms with Gasteiger partial charge in [0.25, 0.3) is 0 Å². The molecule has 1 heterocycles. The molecule has 1 aromatic heterocycles. The topological polar surface area (TPSA) is 56.0 Å². The van der Waals surface area contributed by atoms with Crippen LogP contribution in [0.3, 0.4) is 0 Å². The fraction of sp³-hybridized carbons (Fsp3) is 0.733. The highest BCUT2D eigenvalue weighted by Crippen LogP contribution is 2.25. The molecule has 3 nitrogen and oxygen atoms in total. The lowest BCUT2D eigenvalue weighted by Crippen LogP contribution is -2.37. The monoisotopic (exact) mass is 282 g/mol. The molecule has 108 valence electrons. The molecule has 1 aromatic rings. The van der Waals surface area contributed by atoms with Gasteiger partial charge in [0.2, 0.25) is 0 Å². The average molecular weight is 282 g/mol. The fourth-order valence-electron chi connectivity index (χ4n) is 1.53. The van der Waals surface area contributed by atoms with Gasteiger partial charge in [-0.15, -0.1) is 11.3 Å². The summed E-state index contributed by atoms with van der Waals surface area (Å²) in [5, 5.41) is 2.95. The van der Waals surface area contributed by atoms with Crippen molar-refractivity contribution >= 4 is 17.1 Å². The molecule has 0 bridgehead atoms. The van der Waals surface area contributed by atoms with E-state index in [9.17, 15) is 4.79 Å². The van der Waals surface area contributed by atoms with Crippen molar-refractivity contribution in [2.24, 2.45) is 11.1 Å². The number of carbonyl (C=O) groups is 1. The largest absolute Gasteiger partial charge is 0.327 e. The predicted molar refractivity (Wildman–Crippen MR) is 81.6 cm³/mol. The first-order chi connectivity index (χ1) is 8.50. The fourth-order valence-corrected chi connectivity index (χ4v) is 2.58. The number of aromatic nitrogens is 1. The van der Waals surface area contributed by atoms with Crippen molar-refractivity contribution in [2.75, 3.05) is 0 Å². The number of hydrogen-bond acceptors (Lipinski definition) is 4. The summed E-state index contributed by atoms with van der Waals surface area (Å²) in [6.45, 7) is 12.6. The maximum atomic E-state index is 12.0. The van der Waals surface area contributed by atoms with E-state index < -0.39 is 0 Å². The number of hydrogen-bond donors (Lipinski definition) is 1. The van der Waals surface area contributed by atoms with Crippen LogP contribution in [-0.4, -0.2) is 16.8 Å². The summed E-state index contributed by atoms with van der Waals surface area (Å²) in [6.07, 6.45) is 0.832. The molecule has 0 aliphatic rings. The van der Waals surface area contributed by atoms with Crippen LogP contribution in [0.2, 0.25) is 0 Å². The Kier molecular flexibility index (Phi) is 4.91. The Hall–Kier alpha value is -0.740. The third kappa shape index (κ3) is 5.03. The number of ketones is 1. The zero-order valence-electron chi connectivity index (χ0n) is 12.9. The first kappa shape index (κ1) is 16.3. The van der Waals surface area contributed by atoms with Gasteiger partial charge in [0, 0.05) is 23.3 Å². The Morgan fingerprint density at radius 1 is 1.32 bits per heavy atom. The Balaban J connectivity index is 2.61. The normalized spacial score (nSPS) is 14.5. The standard InChI is InChI=1S/C15H26N2OS/c1-14(2,3)11(16)7-10(18)8-13-17-12(9-19-13)15(4,5)6/h9,11H,7-8,16H2,1-6H3. The Bertz CT molecular complexity index is 438. The van der Waals surface area contributed by atoms with Gasteiger partial charge in [-0.3, -0.25) is 4.79 Å². The van der Waals surface area contributed by atoms with E-state index >= 15 is 0 Å². The molecule has 0 aromatic carbocycles. The molecule has 1 unspecified atom stereocenters. The van der Waals surface area contributed by atoms with Gasteiger partial charge in [-0.05, 0) is 5.41 Å². The number of rotatable bonds is 4. The van der Waals surface area contributed by atoms with Crippen molar-refractivity contribution in [3.8, 4) is 0 Å². The lowest BCUT2D eigenvalue weighted by Gasteiger charge is -2.26. The van der Waals surface area contributed by atoms with Crippen LogP contribution in [0.25, 0.3) is 0 Å². The molecule has 2 N–H and O–H groups in total. The number of nitrogens with zero attached hydrogens (tertiary/aromatic N) is 1. The second-order valence-electron chi connectivity index (χ2n) is 7.27. The second-order valence-corrected chi connectivity index (χ2v) is 8.21. The molecule has 1 rings (SSSR count). The molecule has 1 atom stereocenters. The smallest absolute Gasteiger partial charge is 0.141 e. The minimum Gasteiger partial charge on any atom is -0.327 e. The van der Waals surface area contributed by atoms with Crippen molar-refractivity contribution in [3.63, 3.8) is 0 Å². The second kappa shape index (κ2) is 5.71. The van der Waals surface area contributed by atoms with E-state index in [1.54, 1.807) is 11.3 Å². The van der Waals surface area contributed by atoms with Crippen LogP contribution in [-0.2, 0) is 16.6 Å². The van der Waals surface area contributed by atoms with E-state index in [2.05, 4.69) is 46.5 Å². The van der Waals surface area contributed by atoms with E-state index in [1.807, 2.05) is 5.38 Å². The summed E-state index contributed by atoms with van der Waals surface area (Å²) < 4.78 is 0. The summed E-state index contributed by atoms with van der Waals surface area (Å²) in [6, 6.07) is -0.0953. The molecule has 0 saturated heterocycles. The molecule has 0 amide bonds. The van der Waals surface area contributed by atoms with Crippen molar-refractivity contribution in [1.29, 1.82) is 0 Å². The van der Waals surface area contributed by atoms with Crippen LogP contribution in [0, 0.1) is 5.41 Å². The van der Waals surface area contributed by atoms with Gasteiger partial charge in [0.15, 0.2) is 0 Å². The minimum atomic E-state index is -0.0953. The first-order valence-corrected chi connectivity index (χ1v) is 7.60. The molecule has 19 heavy (non-hydrogen) atoms. The average Bonchev–Trinajstić information content (AvgIpc) is 2.63. The number of thiazole rings is 1. The molecule has 4 heteroatoms. The van der Waals surface area contributed by atoms with Gasteiger partial charge in [-0.2, -0.15) is 0 Å². The van der Waals surface area contributed by atoms with Crippen molar-refractivity contribution < 1.29 is 4.79 Å². The van der Waals surface area contributed by atoms with Crippen LogP contribution in [0.15, 0.2) is 5.38 Å². The van der Waals surface area contributed by atoms with Crippen molar-refractivity contribution in [3.05, 3.63) is 16.1 Å². The third-order valence-electron chi connectivity index (χ3n) is 3.23. The highest BCUT2D eigenvalue weighted by atomic mass is 32.1. The summed E-state index contributed by atoms with van der Waals surface area (Å²) in [7, 11) is 0. The maximum absolute atomic E-state index is 12.0. The summed E-state index contributed by atoms with van der Waals surface area (Å²) in [4.78, 5) is 16.6. The van der Waals surface area contributed by atoms with E-state index in [0.717, 1.165) is 10.7 Å². The summed E-state index contributed by atoms with van der Waals surface area (Å²) in [5.74, 6) is 0.178. The van der Waals surface area contributed by atoms with Gasteiger partial charge in [0.1, 0.15) is 10.8 Å². The number of carbonyl (C=O) groups excluding carboxylic acids is 1. The Labute approximate surface area is 120 Å². The minimum absolute atomic E-state index is 0.0326. The Morgan fingerprint density at radius 3 is 2.32 bits per heavy atom. The first-order valence-electron chi connectivity index (χ1n) is 6.72.